The Morgan fingerprint density at radius 1 is 1.24 bits per heavy atom. The van der Waals surface area contributed by atoms with E-state index >= 15 is 0 Å². The van der Waals surface area contributed by atoms with Crippen LogP contribution in [0.5, 0.6) is 17.2 Å². The Morgan fingerprint density at radius 2 is 2.00 bits per heavy atom. The first kappa shape index (κ1) is 15.7. The highest BCUT2D eigenvalue weighted by atomic mass is 79.9. The maximum Gasteiger partial charge on any atom is 0.161 e. The molecule has 0 aliphatic rings. The molecule has 0 spiro atoms. The lowest BCUT2D eigenvalue weighted by Crippen LogP contribution is -2.18. The van der Waals surface area contributed by atoms with E-state index in [1.54, 1.807) is 19.2 Å². The summed E-state index contributed by atoms with van der Waals surface area (Å²) in [5.41, 5.74) is 1.76. The molecular formula is C16H18BrNO3. The van der Waals surface area contributed by atoms with Gasteiger partial charge in [-0.25, -0.2) is 0 Å². The predicted molar refractivity (Wildman–Crippen MR) is 85.7 cm³/mol. The van der Waals surface area contributed by atoms with Crippen molar-refractivity contribution in [3.8, 4) is 17.2 Å². The molecule has 0 bridgehead atoms. The summed E-state index contributed by atoms with van der Waals surface area (Å²) in [6, 6.07) is 10.9. The number of rotatable bonds is 5. The largest absolute Gasteiger partial charge is 0.504 e. The average Bonchev–Trinajstić information content (AvgIpc) is 2.48. The zero-order valence-electron chi connectivity index (χ0n) is 11.9. The summed E-state index contributed by atoms with van der Waals surface area (Å²) in [5.74, 6) is 0.610. The van der Waals surface area contributed by atoms with Crippen LogP contribution in [0.25, 0.3) is 0 Å². The fraction of sp³-hybridized carbons (Fsp3) is 0.250. The number of phenols is 2. The van der Waals surface area contributed by atoms with Gasteiger partial charge in [0.05, 0.1) is 11.6 Å². The summed E-state index contributed by atoms with van der Waals surface area (Å²) >= 11 is 3.47. The van der Waals surface area contributed by atoms with E-state index in [0.29, 0.717) is 12.1 Å². The summed E-state index contributed by atoms with van der Waals surface area (Å²) in [5, 5.41) is 22.6. The van der Waals surface area contributed by atoms with Crippen molar-refractivity contribution in [2.24, 2.45) is 0 Å². The SMILES string of the molecule is COc1ccc(C(C)NCc2cccc(O)c2O)cc1Br. The number of nitrogens with one attached hydrogen (secondary N) is 1. The number of aromatic hydroxyl groups is 2. The van der Waals surface area contributed by atoms with Crippen molar-refractivity contribution in [2.45, 2.75) is 19.5 Å². The molecule has 112 valence electrons. The molecular weight excluding hydrogens is 334 g/mol. The topological polar surface area (TPSA) is 61.7 Å². The second-order valence-corrected chi connectivity index (χ2v) is 5.64. The van der Waals surface area contributed by atoms with Crippen molar-refractivity contribution in [1.82, 2.24) is 5.32 Å². The zero-order valence-corrected chi connectivity index (χ0v) is 13.5. The number of para-hydroxylation sites is 1. The first-order valence-electron chi connectivity index (χ1n) is 6.59. The summed E-state index contributed by atoms with van der Waals surface area (Å²) in [6.07, 6.45) is 0. The van der Waals surface area contributed by atoms with Crippen LogP contribution in [0.2, 0.25) is 0 Å². The fourth-order valence-electron chi connectivity index (χ4n) is 2.05. The third-order valence-electron chi connectivity index (χ3n) is 3.37. The summed E-state index contributed by atoms with van der Waals surface area (Å²) in [7, 11) is 1.63. The van der Waals surface area contributed by atoms with Crippen LogP contribution in [-0.4, -0.2) is 17.3 Å². The lowest BCUT2D eigenvalue weighted by atomic mass is 10.1. The van der Waals surface area contributed by atoms with Crippen LogP contribution in [-0.2, 0) is 6.54 Å². The van der Waals surface area contributed by atoms with Gasteiger partial charge in [-0.3, -0.25) is 0 Å². The molecule has 0 aliphatic heterocycles. The number of hydrogen-bond donors (Lipinski definition) is 3. The molecule has 1 unspecified atom stereocenters. The van der Waals surface area contributed by atoms with Gasteiger partial charge in [-0.05, 0) is 46.6 Å². The number of halogens is 1. The second kappa shape index (κ2) is 6.83. The molecule has 0 aromatic heterocycles. The Balaban J connectivity index is 2.06. The van der Waals surface area contributed by atoms with Gasteiger partial charge in [0, 0.05) is 18.2 Å². The number of methoxy groups -OCH3 is 1. The predicted octanol–water partition coefficient (Wildman–Crippen LogP) is 3.72. The molecule has 1 atom stereocenters. The van der Waals surface area contributed by atoms with E-state index in [1.807, 2.05) is 25.1 Å². The Bertz CT molecular complexity index is 631. The maximum absolute atomic E-state index is 9.78. The molecule has 2 aromatic rings. The highest BCUT2D eigenvalue weighted by Gasteiger charge is 2.10. The van der Waals surface area contributed by atoms with Crippen LogP contribution in [0, 0.1) is 0 Å². The molecule has 4 nitrogen and oxygen atoms in total. The molecule has 0 radical (unpaired) electrons. The molecule has 0 saturated heterocycles. The molecule has 0 saturated carbocycles. The van der Waals surface area contributed by atoms with Crippen LogP contribution in [0.15, 0.2) is 40.9 Å². The van der Waals surface area contributed by atoms with Crippen molar-refractivity contribution in [3.05, 3.63) is 52.0 Å². The standard InChI is InChI=1S/C16H18BrNO3/c1-10(11-6-7-15(21-2)13(17)8-11)18-9-12-4-3-5-14(19)16(12)20/h3-8,10,18-20H,9H2,1-2H3. The van der Waals surface area contributed by atoms with Gasteiger partial charge in [0.1, 0.15) is 5.75 Å². The van der Waals surface area contributed by atoms with E-state index < -0.39 is 0 Å². The minimum atomic E-state index is -0.103. The molecule has 2 aromatic carbocycles. The van der Waals surface area contributed by atoms with Gasteiger partial charge in [-0.1, -0.05) is 18.2 Å². The average molecular weight is 352 g/mol. The van der Waals surface area contributed by atoms with Crippen LogP contribution in [0.4, 0.5) is 0 Å². The fourth-order valence-corrected chi connectivity index (χ4v) is 2.61. The summed E-state index contributed by atoms with van der Waals surface area (Å²) in [4.78, 5) is 0. The monoisotopic (exact) mass is 351 g/mol. The zero-order chi connectivity index (χ0) is 15.4. The third kappa shape index (κ3) is 3.68. The lowest BCUT2D eigenvalue weighted by molar-refractivity contribution is 0.396. The van der Waals surface area contributed by atoms with Crippen molar-refractivity contribution in [2.75, 3.05) is 7.11 Å². The van der Waals surface area contributed by atoms with E-state index in [9.17, 15) is 10.2 Å². The number of benzene rings is 2. The Morgan fingerprint density at radius 3 is 2.67 bits per heavy atom. The van der Waals surface area contributed by atoms with Gasteiger partial charge in [0.15, 0.2) is 11.5 Å². The summed E-state index contributed by atoms with van der Waals surface area (Å²) < 4.78 is 6.11. The minimum absolute atomic E-state index is 0.0758. The van der Waals surface area contributed by atoms with Gasteiger partial charge in [-0.15, -0.1) is 0 Å². The number of ether oxygens (including phenoxy) is 1. The molecule has 3 N–H and O–H groups in total. The van der Waals surface area contributed by atoms with Gasteiger partial charge in [0.25, 0.3) is 0 Å². The van der Waals surface area contributed by atoms with Gasteiger partial charge >= 0.3 is 0 Å². The van der Waals surface area contributed by atoms with Crippen molar-refractivity contribution < 1.29 is 14.9 Å². The van der Waals surface area contributed by atoms with E-state index in [0.717, 1.165) is 15.8 Å². The smallest absolute Gasteiger partial charge is 0.161 e. The first-order chi connectivity index (χ1) is 10.0. The van der Waals surface area contributed by atoms with Crippen LogP contribution >= 0.6 is 15.9 Å². The highest BCUT2D eigenvalue weighted by Crippen LogP contribution is 2.30. The van der Waals surface area contributed by atoms with Gasteiger partial charge in [-0.2, -0.15) is 0 Å². The normalized spacial score (nSPS) is 12.1. The number of hydrogen-bond acceptors (Lipinski definition) is 4. The maximum atomic E-state index is 9.78. The molecule has 0 amide bonds. The second-order valence-electron chi connectivity index (χ2n) is 4.78. The van der Waals surface area contributed by atoms with Crippen LogP contribution < -0.4 is 10.1 Å². The van der Waals surface area contributed by atoms with Crippen molar-refractivity contribution in [1.29, 1.82) is 0 Å². The molecule has 0 fully saturated rings. The quantitative estimate of drug-likeness (QED) is 0.718. The summed E-state index contributed by atoms with van der Waals surface area (Å²) in [6.45, 7) is 2.50. The molecule has 0 aliphatic carbocycles. The van der Waals surface area contributed by atoms with Gasteiger partial charge in [0.2, 0.25) is 0 Å². The van der Waals surface area contributed by atoms with E-state index in [4.69, 9.17) is 4.74 Å². The van der Waals surface area contributed by atoms with E-state index in [2.05, 4.69) is 21.2 Å². The van der Waals surface area contributed by atoms with Crippen LogP contribution in [0.3, 0.4) is 0 Å². The molecule has 5 heteroatoms. The Labute approximate surface area is 132 Å². The van der Waals surface area contributed by atoms with Crippen LogP contribution in [0.1, 0.15) is 24.1 Å². The van der Waals surface area contributed by atoms with E-state index in [-0.39, 0.29) is 17.5 Å². The Hall–Kier alpha value is -1.72. The Kier molecular flexibility index (Phi) is 5.09. The molecule has 21 heavy (non-hydrogen) atoms. The molecule has 0 heterocycles. The first-order valence-corrected chi connectivity index (χ1v) is 7.39. The highest BCUT2D eigenvalue weighted by molar-refractivity contribution is 9.10. The van der Waals surface area contributed by atoms with Gasteiger partial charge < -0.3 is 20.3 Å². The van der Waals surface area contributed by atoms with Crippen molar-refractivity contribution >= 4 is 15.9 Å². The number of phenolic OH excluding ortho intramolecular Hbond substituents is 2. The van der Waals surface area contributed by atoms with E-state index in [1.165, 1.54) is 6.07 Å². The third-order valence-corrected chi connectivity index (χ3v) is 3.99. The molecule has 2 rings (SSSR count). The minimum Gasteiger partial charge on any atom is -0.504 e. The van der Waals surface area contributed by atoms with Crippen molar-refractivity contribution in [3.63, 3.8) is 0 Å². The lowest BCUT2D eigenvalue weighted by Gasteiger charge is -2.16.